The molecule has 1 aliphatic heterocycles. The first-order chi connectivity index (χ1) is 9.22. The van der Waals surface area contributed by atoms with Gasteiger partial charge in [-0.3, -0.25) is 4.79 Å². The van der Waals surface area contributed by atoms with Gasteiger partial charge in [0.25, 0.3) is 0 Å². The summed E-state index contributed by atoms with van der Waals surface area (Å²) in [6.45, 7) is 3.49. The lowest BCUT2D eigenvalue weighted by atomic mass is 10.2. The maximum Gasteiger partial charge on any atom is 0.211 e. The Hall–Kier alpha value is -0.520. The fourth-order valence-electron chi connectivity index (χ4n) is 1.71. The van der Waals surface area contributed by atoms with Gasteiger partial charge in [-0.1, -0.05) is 30.5 Å². The second-order valence-corrected chi connectivity index (χ2v) is 7.90. The average Bonchev–Trinajstić information content (AvgIpc) is 2.93. The summed E-state index contributed by atoms with van der Waals surface area (Å²) in [4.78, 5) is 11.2. The van der Waals surface area contributed by atoms with Crippen LogP contribution in [0.1, 0.15) is 10.1 Å². The highest BCUT2D eigenvalue weighted by molar-refractivity contribution is 8.21. The van der Waals surface area contributed by atoms with Crippen LogP contribution in [-0.4, -0.2) is 29.0 Å². The van der Waals surface area contributed by atoms with Gasteiger partial charge in [0.1, 0.15) is 5.75 Å². The summed E-state index contributed by atoms with van der Waals surface area (Å²) in [6, 6.07) is 8.24. The Kier molecular flexibility index (Phi) is 5.73. The van der Waals surface area contributed by atoms with Crippen molar-refractivity contribution in [2.24, 2.45) is 0 Å². The second-order valence-electron chi connectivity index (χ2n) is 4.03. The predicted molar refractivity (Wildman–Crippen MR) is 87.2 cm³/mol. The van der Waals surface area contributed by atoms with Gasteiger partial charge in [-0.2, -0.15) is 0 Å². The van der Waals surface area contributed by atoms with E-state index in [1.807, 2.05) is 35.7 Å². The van der Waals surface area contributed by atoms with Crippen molar-refractivity contribution in [1.82, 2.24) is 0 Å². The number of ether oxygens (including phenoxy) is 1. The van der Waals surface area contributed by atoms with Crippen molar-refractivity contribution in [3.8, 4) is 5.75 Å². The Balaban J connectivity index is 1.86. The lowest BCUT2D eigenvalue weighted by Gasteiger charge is -2.10. The summed E-state index contributed by atoms with van der Waals surface area (Å²) in [6.07, 6.45) is 1.39. The van der Waals surface area contributed by atoms with Crippen molar-refractivity contribution in [2.75, 3.05) is 18.6 Å². The molecule has 2 unspecified atom stereocenters. The minimum absolute atomic E-state index is 0.0681. The van der Waals surface area contributed by atoms with Crippen LogP contribution < -0.4 is 4.74 Å². The number of rotatable bonds is 5. The van der Waals surface area contributed by atoms with Crippen molar-refractivity contribution < 1.29 is 9.53 Å². The first-order valence-electron chi connectivity index (χ1n) is 5.93. The van der Waals surface area contributed by atoms with Crippen LogP contribution in [-0.2, 0) is 4.79 Å². The Labute approximate surface area is 126 Å². The molecule has 0 saturated carbocycles. The smallest absolute Gasteiger partial charge is 0.211 e. The normalized spacial score (nSPS) is 22.2. The van der Waals surface area contributed by atoms with E-state index in [0.29, 0.717) is 9.83 Å². The molecule has 102 valence electrons. The molecule has 0 amide bonds. The second kappa shape index (κ2) is 7.31. The van der Waals surface area contributed by atoms with Crippen LogP contribution in [0.5, 0.6) is 5.75 Å². The van der Waals surface area contributed by atoms with Crippen molar-refractivity contribution in [3.63, 3.8) is 0 Å². The third-order valence-electron chi connectivity index (χ3n) is 2.72. The molecule has 0 N–H and O–H groups in total. The summed E-state index contributed by atoms with van der Waals surface area (Å²) in [5.41, 5.74) is 1.32. The standard InChI is InChI=1S/C14H16O2S3/c1-3-13(15)17-8-12-9-18-14(19-12)10-4-6-11(16-2)7-5-10/h3-7,12,14H,1,8-9H2,2H3. The van der Waals surface area contributed by atoms with E-state index in [0.717, 1.165) is 17.3 Å². The van der Waals surface area contributed by atoms with E-state index < -0.39 is 0 Å². The number of carbonyl (C=O) groups is 1. The molecule has 2 rings (SSSR count). The van der Waals surface area contributed by atoms with Crippen LogP contribution in [0.4, 0.5) is 0 Å². The van der Waals surface area contributed by atoms with Gasteiger partial charge in [0, 0.05) is 16.8 Å². The van der Waals surface area contributed by atoms with Crippen LogP contribution in [0.3, 0.4) is 0 Å². The average molecular weight is 312 g/mol. The van der Waals surface area contributed by atoms with Gasteiger partial charge in [-0.15, -0.1) is 23.5 Å². The van der Waals surface area contributed by atoms with Crippen LogP contribution in [0, 0.1) is 0 Å². The lowest BCUT2D eigenvalue weighted by Crippen LogP contribution is -2.06. The first kappa shape index (κ1) is 14.9. The molecule has 1 saturated heterocycles. The Morgan fingerprint density at radius 2 is 2.26 bits per heavy atom. The SMILES string of the molecule is C=CC(=O)SCC1CSC(c2ccc(OC)cc2)S1. The molecule has 2 nitrogen and oxygen atoms in total. The topological polar surface area (TPSA) is 26.3 Å². The zero-order valence-electron chi connectivity index (χ0n) is 10.7. The number of hydrogen-bond acceptors (Lipinski definition) is 5. The highest BCUT2D eigenvalue weighted by atomic mass is 32.2. The molecule has 1 aromatic carbocycles. The van der Waals surface area contributed by atoms with E-state index >= 15 is 0 Å². The van der Waals surface area contributed by atoms with E-state index in [2.05, 4.69) is 18.7 Å². The molecular formula is C14H16O2S3. The highest BCUT2D eigenvalue weighted by Crippen LogP contribution is 2.50. The van der Waals surface area contributed by atoms with E-state index in [1.54, 1.807) is 7.11 Å². The number of hydrogen-bond donors (Lipinski definition) is 0. The fourth-order valence-corrected chi connectivity index (χ4v) is 6.05. The van der Waals surface area contributed by atoms with E-state index in [4.69, 9.17) is 4.74 Å². The molecule has 0 radical (unpaired) electrons. The van der Waals surface area contributed by atoms with E-state index in [9.17, 15) is 4.79 Å². The van der Waals surface area contributed by atoms with Crippen molar-refractivity contribution in [2.45, 2.75) is 9.83 Å². The van der Waals surface area contributed by atoms with Crippen molar-refractivity contribution >= 4 is 40.4 Å². The van der Waals surface area contributed by atoms with E-state index in [-0.39, 0.29) is 5.12 Å². The van der Waals surface area contributed by atoms with Crippen LogP contribution in [0.2, 0.25) is 0 Å². The number of methoxy groups -OCH3 is 1. The molecule has 5 heteroatoms. The Morgan fingerprint density at radius 1 is 1.53 bits per heavy atom. The maximum absolute atomic E-state index is 11.2. The summed E-state index contributed by atoms with van der Waals surface area (Å²) >= 11 is 5.26. The van der Waals surface area contributed by atoms with Gasteiger partial charge >= 0.3 is 0 Å². The maximum atomic E-state index is 11.2. The number of thioether (sulfide) groups is 3. The monoisotopic (exact) mass is 312 g/mol. The van der Waals surface area contributed by atoms with Gasteiger partial charge < -0.3 is 4.74 Å². The predicted octanol–water partition coefficient (Wildman–Crippen LogP) is 3.99. The Morgan fingerprint density at radius 3 is 2.89 bits per heavy atom. The summed E-state index contributed by atoms with van der Waals surface area (Å²) in [5.74, 6) is 2.86. The minimum Gasteiger partial charge on any atom is -0.497 e. The molecule has 0 bridgehead atoms. The van der Waals surface area contributed by atoms with Crippen LogP contribution >= 0.6 is 35.3 Å². The van der Waals surface area contributed by atoms with Crippen molar-refractivity contribution in [1.29, 1.82) is 0 Å². The summed E-state index contributed by atoms with van der Waals surface area (Å²) in [7, 11) is 1.68. The molecule has 1 aliphatic rings. The van der Waals surface area contributed by atoms with Gasteiger partial charge in [0.15, 0.2) is 0 Å². The molecule has 1 aromatic rings. The van der Waals surface area contributed by atoms with Crippen LogP contribution in [0.15, 0.2) is 36.9 Å². The number of benzene rings is 1. The van der Waals surface area contributed by atoms with Crippen molar-refractivity contribution in [3.05, 3.63) is 42.5 Å². The van der Waals surface area contributed by atoms with Crippen LogP contribution in [0.25, 0.3) is 0 Å². The zero-order chi connectivity index (χ0) is 13.7. The molecule has 19 heavy (non-hydrogen) atoms. The number of carbonyl (C=O) groups excluding carboxylic acids is 1. The third kappa shape index (κ3) is 4.23. The molecule has 0 spiro atoms. The molecule has 0 aliphatic carbocycles. The summed E-state index contributed by atoms with van der Waals surface area (Å²) in [5, 5.41) is 0.601. The van der Waals surface area contributed by atoms with Gasteiger partial charge in [-0.05, 0) is 23.8 Å². The third-order valence-corrected chi connectivity index (χ3v) is 7.31. The molecule has 1 fully saturated rings. The summed E-state index contributed by atoms with van der Waals surface area (Å²) < 4.78 is 5.63. The van der Waals surface area contributed by atoms with Gasteiger partial charge in [0.05, 0.1) is 11.7 Å². The van der Waals surface area contributed by atoms with E-state index in [1.165, 1.54) is 23.4 Å². The first-order valence-corrected chi connectivity index (χ1v) is 8.91. The van der Waals surface area contributed by atoms with Gasteiger partial charge in [-0.25, -0.2) is 0 Å². The molecule has 0 aromatic heterocycles. The molecular weight excluding hydrogens is 296 g/mol. The zero-order valence-corrected chi connectivity index (χ0v) is 13.2. The van der Waals surface area contributed by atoms with Gasteiger partial charge in [0.2, 0.25) is 5.12 Å². The largest absolute Gasteiger partial charge is 0.497 e. The molecule has 1 heterocycles. The Bertz CT molecular complexity index is 445. The minimum atomic E-state index is 0.0681. The fraction of sp³-hybridized carbons (Fsp3) is 0.357. The highest BCUT2D eigenvalue weighted by Gasteiger charge is 2.27. The molecule has 2 atom stereocenters. The quantitative estimate of drug-likeness (QED) is 0.766. The lowest BCUT2D eigenvalue weighted by molar-refractivity contribution is -0.107.